The fourth-order valence-electron chi connectivity index (χ4n) is 2.91. The average Bonchev–Trinajstić information content (AvgIpc) is 3.26. The number of nitrogens with one attached hydrogen (secondary N) is 2. The highest BCUT2D eigenvalue weighted by Crippen LogP contribution is 2.28. The molecule has 7 nitrogen and oxygen atoms in total. The molecule has 3 rings (SSSR count). The Balaban J connectivity index is 1.53. The standard InChI is InChI=1S/C16H21N5O2/c22-11-16(5-1-2-6-16)20-15(23)19-10-13-3-4-14(18-9-13)21-8-7-17-12-21/h3-4,7-9,12,22H,1-2,5-6,10-11H2,(H2,19,20,23). The zero-order valence-electron chi connectivity index (χ0n) is 12.9. The Bertz CT molecular complexity index is 633. The third-order valence-corrected chi connectivity index (χ3v) is 4.27. The molecular weight excluding hydrogens is 294 g/mol. The summed E-state index contributed by atoms with van der Waals surface area (Å²) in [5.41, 5.74) is 0.460. The molecule has 1 saturated carbocycles. The van der Waals surface area contributed by atoms with Gasteiger partial charge in [-0.25, -0.2) is 14.8 Å². The second-order valence-corrected chi connectivity index (χ2v) is 5.95. The average molecular weight is 315 g/mol. The van der Waals surface area contributed by atoms with Crippen LogP contribution in [0.3, 0.4) is 0 Å². The molecule has 0 atom stereocenters. The number of imidazole rings is 1. The van der Waals surface area contributed by atoms with Gasteiger partial charge in [0.15, 0.2) is 0 Å². The van der Waals surface area contributed by atoms with Gasteiger partial charge in [-0.15, -0.1) is 0 Å². The number of nitrogens with zero attached hydrogens (tertiary/aromatic N) is 3. The van der Waals surface area contributed by atoms with Crippen molar-refractivity contribution in [1.29, 1.82) is 0 Å². The van der Waals surface area contributed by atoms with E-state index < -0.39 is 5.54 Å². The van der Waals surface area contributed by atoms with E-state index in [1.807, 2.05) is 22.9 Å². The van der Waals surface area contributed by atoms with Gasteiger partial charge in [0.2, 0.25) is 0 Å². The topological polar surface area (TPSA) is 92.1 Å². The predicted octanol–water partition coefficient (Wildman–Crippen LogP) is 1.37. The van der Waals surface area contributed by atoms with Gasteiger partial charge < -0.3 is 15.7 Å². The van der Waals surface area contributed by atoms with Crippen LogP contribution in [0.4, 0.5) is 4.79 Å². The molecule has 0 aromatic carbocycles. The van der Waals surface area contributed by atoms with E-state index in [9.17, 15) is 9.90 Å². The maximum absolute atomic E-state index is 12.0. The lowest BCUT2D eigenvalue weighted by Gasteiger charge is -2.27. The number of hydrogen-bond acceptors (Lipinski definition) is 4. The van der Waals surface area contributed by atoms with Gasteiger partial charge in [0.1, 0.15) is 12.1 Å². The number of aliphatic hydroxyl groups is 1. The largest absolute Gasteiger partial charge is 0.394 e. The van der Waals surface area contributed by atoms with Crippen molar-refractivity contribution in [3.05, 3.63) is 42.6 Å². The van der Waals surface area contributed by atoms with Crippen molar-refractivity contribution in [2.45, 2.75) is 37.8 Å². The molecule has 3 N–H and O–H groups in total. The molecule has 2 aromatic heterocycles. The van der Waals surface area contributed by atoms with Crippen LogP contribution in [-0.4, -0.2) is 37.8 Å². The van der Waals surface area contributed by atoms with Crippen molar-refractivity contribution in [1.82, 2.24) is 25.2 Å². The summed E-state index contributed by atoms with van der Waals surface area (Å²) in [6.07, 6.45) is 10.7. The van der Waals surface area contributed by atoms with Crippen LogP contribution >= 0.6 is 0 Å². The number of amides is 2. The molecule has 0 bridgehead atoms. The molecule has 2 amide bonds. The van der Waals surface area contributed by atoms with E-state index in [1.54, 1.807) is 18.7 Å². The van der Waals surface area contributed by atoms with Gasteiger partial charge in [-0.2, -0.15) is 0 Å². The van der Waals surface area contributed by atoms with Crippen LogP contribution in [0.5, 0.6) is 0 Å². The third kappa shape index (κ3) is 3.68. The molecular formula is C16H21N5O2. The maximum Gasteiger partial charge on any atom is 0.315 e. The quantitative estimate of drug-likeness (QED) is 0.777. The molecule has 2 heterocycles. The van der Waals surface area contributed by atoms with Crippen molar-refractivity contribution in [2.75, 3.05) is 6.61 Å². The lowest BCUT2D eigenvalue weighted by molar-refractivity contribution is 0.163. The molecule has 1 aliphatic rings. The smallest absolute Gasteiger partial charge is 0.315 e. The van der Waals surface area contributed by atoms with E-state index in [-0.39, 0.29) is 12.6 Å². The Hall–Kier alpha value is -2.41. The highest BCUT2D eigenvalue weighted by atomic mass is 16.3. The summed E-state index contributed by atoms with van der Waals surface area (Å²) in [6.45, 7) is 0.381. The Morgan fingerprint density at radius 1 is 1.35 bits per heavy atom. The molecule has 1 fully saturated rings. The number of carbonyl (C=O) groups is 1. The minimum Gasteiger partial charge on any atom is -0.394 e. The predicted molar refractivity (Wildman–Crippen MR) is 85.0 cm³/mol. The van der Waals surface area contributed by atoms with Crippen molar-refractivity contribution in [2.24, 2.45) is 0 Å². The number of aromatic nitrogens is 3. The molecule has 7 heteroatoms. The molecule has 2 aromatic rings. The zero-order chi connectivity index (χ0) is 16.1. The summed E-state index contributed by atoms with van der Waals surface area (Å²) < 4.78 is 1.81. The van der Waals surface area contributed by atoms with Crippen molar-refractivity contribution >= 4 is 6.03 Å². The first-order chi connectivity index (χ1) is 11.2. The van der Waals surface area contributed by atoms with Crippen LogP contribution < -0.4 is 10.6 Å². The maximum atomic E-state index is 12.0. The molecule has 0 unspecified atom stereocenters. The number of pyridine rings is 1. The van der Waals surface area contributed by atoms with Crippen molar-refractivity contribution in [3.63, 3.8) is 0 Å². The molecule has 23 heavy (non-hydrogen) atoms. The molecule has 1 aliphatic carbocycles. The molecule has 122 valence electrons. The highest BCUT2D eigenvalue weighted by Gasteiger charge is 2.34. The van der Waals surface area contributed by atoms with Gasteiger partial charge in [0.25, 0.3) is 0 Å². The van der Waals surface area contributed by atoms with Crippen LogP contribution in [0.25, 0.3) is 5.82 Å². The lowest BCUT2D eigenvalue weighted by Crippen LogP contribution is -2.52. The fourth-order valence-corrected chi connectivity index (χ4v) is 2.91. The Labute approximate surface area is 134 Å². The second-order valence-electron chi connectivity index (χ2n) is 5.95. The van der Waals surface area contributed by atoms with Gasteiger partial charge in [-0.3, -0.25) is 4.57 Å². The van der Waals surface area contributed by atoms with Gasteiger partial charge in [-0.05, 0) is 24.5 Å². The second kappa shape index (κ2) is 6.78. The van der Waals surface area contributed by atoms with Crippen LogP contribution in [0.2, 0.25) is 0 Å². The monoisotopic (exact) mass is 315 g/mol. The van der Waals surface area contributed by atoms with E-state index >= 15 is 0 Å². The summed E-state index contributed by atoms with van der Waals surface area (Å²) >= 11 is 0. The van der Waals surface area contributed by atoms with E-state index in [2.05, 4.69) is 20.6 Å². The first-order valence-electron chi connectivity index (χ1n) is 7.81. The van der Waals surface area contributed by atoms with Crippen LogP contribution in [0.15, 0.2) is 37.1 Å². The fraction of sp³-hybridized carbons (Fsp3) is 0.438. The Morgan fingerprint density at radius 3 is 2.78 bits per heavy atom. The first kappa shape index (κ1) is 15.5. The zero-order valence-corrected chi connectivity index (χ0v) is 12.9. The van der Waals surface area contributed by atoms with Crippen molar-refractivity contribution < 1.29 is 9.90 Å². The number of carbonyl (C=O) groups excluding carboxylic acids is 1. The molecule has 0 saturated heterocycles. The summed E-state index contributed by atoms with van der Waals surface area (Å²) in [7, 11) is 0. The van der Waals surface area contributed by atoms with Gasteiger partial charge in [0.05, 0.1) is 12.1 Å². The molecule has 0 aliphatic heterocycles. The van der Waals surface area contributed by atoms with Crippen LogP contribution in [0.1, 0.15) is 31.2 Å². The summed E-state index contributed by atoms with van der Waals surface area (Å²) in [4.78, 5) is 20.3. The number of urea groups is 1. The van der Waals surface area contributed by atoms with E-state index in [4.69, 9.17) is 0 Å². The van der Waals surface area contributed by atoms with E-state index in [1.165, 1.54) is 0 Å². The third-order valence-electron chi connectivity index (χ3n) is 4.27. The summed E-state index contributed by atoms with van der Waals surface area (Å²) in [5.74, 6) is 0.779. The molecule has 0 spiro atoms. The first-order valence-corrected chi connectivity index (χ1v) is 7.81. The SMILES string of the molecule is O=C(NCc1ccc(-n2ccnc2)nc1)NC1(CO)CCCC1. The summed E-state index contributed by atoms with van der Waals surface area (Å²) in [6, 6.07) is 3.54. The summed E-state index contributed by atoms with van der Waals surface area (Å²) in [5, 5.41) is 15.2. The van der Waals surface area contributed by atoms with Crippen LogP contribution in [0, 0.1) is 0 Å². The number of aliphatic hydroxyl groups excluding tert-OH is 1. The van der Waals surface area contributed by atoms with Crippen molar-refractivity contribution in [3.8, 4) is 5.82 Å². The van der Waals surface area contributed by atoms with Gasteiger partial charge in [0, 0.05) is 25.1 Å². The minimum absolute atomic E-state index is 0.0123. The van der Waals surface area contributed by atoms with Crippen LogP contribution in [-0.2, 0) is 6.54 Å². The lowest BCUT2D eigenvalue weighted by atomic mass is 9.99. The van der Waals surface area contributed by atoms with Gasteiger partial charge in [-0.1, -0.05) is 18.9 Å². The number of hydrogen-bond donors (Lipinski definition) is 3. The molecule has 0 radical (unpaired) electrons. The normalized spacial score (nSPS) is 16.2. The van der Waals surface area contributed by atoms with E-state index in [0.717, 1.165) is 37.1 Å². The number of rotatable bonds is 5. The minimum atomic E-state index is -0.451. The Morgan fingerprint density at radius 2 is 2.17 bits per heavy atom. The van der Waals surface area contributed by atoms with Gasteiger partial charge >= 0.3 is 6.03 Å². The highest BCUT2D eigenvalue weighted by molar-refractivity contribution is 5.74. The van der Waals surface area contributed by atoms with E-state index in [0.29, 0.717) is 6.54 Å². The Kier molecular flexibility index (Phi) is 4.57.